The third kappa shape index (κ3) is 5.24. The van der Waals surface area contributed by atoms with Crippen molar-refractivity contribution in [3.8, 4) is 0 Å². The van der Waals surface area contributed by atoms with E-state index in [0.29, 0.717) is 30.5 Å². The van der Waals surface area contributed by atoms with E-state index >= 15 is 0 Å². The maximum absolute atomic E-state index is 12.4. The van der Waals surface area contributed by atoms with Crippen molar-refractivity contribution in [2.24, 2.45) is 5.92 Å². The number of rotatable bonds is 6. The fourth-order valence-electron chi connectivity index (χ4n) is 2.85. The molecule has 1 N–H and O–H groups in total. The van der Waals surface area contributed by atoms with E-state index < -0.39 is 0 Å². The SMILES string of the molecule is CC(C)CCC(=O)N1CCCC1C(=O)NCc1cccc(Cl)c1. The van der Waals surface area contributed by atoms with Gasteiger partial charge in [-0.15, -0.1) is 0 Å². The molecular weight excluding hydrogens is 312 g/mol. The Hall–Kier alpha value is -1.55. The topological polar surface area (TPSA) is 49.4 Å². The van der Waals surface area contributed by atoms with Crippen LogP contribution in [0.25, 0.3) is 0 Å². The summed E-state index contributed by atoms with van der Waals surface area (Å²) in [6.07, 6.45) is 3.03. The minimum Gasteiger partial charge on any atom is -0.350 e. The van der Waals surface area contributed by atoms with Crippen molar-refractivity contribution >= 4 is 23.4 Å². The van der Waals surface area contributed by atoms with Gasteiger partial charge in [0.25, 0.3) is 0 Å². The van der Waals surface area contributed by atoms with Gasteiger partial charge < -0.3 is 10.2 Å². The van der Waals surface area contributed by atoms with E-state index in [2.05, 4.69) is 19.2 Å². The number of halogens is 1. The van der Waals surface area contributed by atoms with Crippen LogP contribution in [0.4, 0.5) is 0 Å². The molecule has 1 saturated heterocycles. The molecule has 0 aliphatic carbocycles. The van der Waals surface area contributed by atoms with E-state index in [1.807, 2.05) is 18.2 Å². The Kier molecular flexibility index (Phi) is 6.46. The Morgan fingerprint density at radius 3 is 2.87 bits per heavy atom. The van der Waals surface area contributed by atoms with Crippen molar-refractivity contribution in [2.45, 2.75) is 52.1 Å². The smallest absolute Gasteiger partial charge is 0.243 e. The minimum absolute atomic E-state index is 0.0691. The first-order valence-corrected chi connectivity index (χ1v) is 8.67. The van der Waals surface area contributed by atoms with Crippen LogP contribution in [-0.2, 0) is 16.1 Å². The summed E-state index contributed by atoms with van der Waals surface area (Å²) >= 11 is 5.95. The Labute approximate surface area is 143 Å². The average molecular weight is 337 g/mol. The summed E-state index contributed by atoms with van der Waals surface area (Å²) in [5, 5.41) is 3.58. The van der Waals surface area contributed by atoms with Gasteiger partial charge in [-0.2, -0.15) is 0 Å². The molecule has 0 aromatic heterocycles. The van der Waals surface area contributed by atoms with E-state index in [4.69, 9.17) is 11.6 Å². The molecule has 2 rings (SSSR count). The number of likely N-dealkylation sites (tertiary alicyclic amines) is 1. The van der Waals surface area contributed by atoms with Gasteiger partial charge in [-0.1, -0.05) is 37.6 Å². The van der Waals surface area contributed by atoms with Gasteiger partial charge in [0, 0.05) is 24.5 Å². The monoisotopic (exact) mass is 336 g/mol. The third-order valence-corrected chi connectivity index (χ3v) is 4.40. The first kappa shape index (κ1) is 17.8. The van der Waals surface area contributed by atoms with Gasteiger partial charge in [0.15, 0.2) is 0 Å². The van der Waals surface area contributed by atoms with Crippen molar-refractivity contribution in [3.05, 3.63) is 34.9 Å². The van der Waals surface area contributed by atoms with E-state index in [1.165, 1.54) is 0 Å². The van der Waals surface area contributed by atoms with E-state index in [0.717, 1.165) is 24.8 Å². The molecule has 1 fully saturated rings. The summed E-state index contributed by atoms with van der Waals surface area (Å²) in [7, 11) is 0. The molecule has 0 saturated carbocycles. The highest BCUT2D eigenvalue weighted by molar-refractivity contribution is 6.30. The zero-order valence-corrected chi connectivity index (χ0v) is 14.6. The second-order valence-electron chi connectivity index (χ2n) is 6.53. The first-order valence-electron chi connectivity index (χ1n) is 8.29. The number of amides is 2. The van der Waals surface area contributed by atoms with Crippen LogP contribution < -0.4 is 5.32 Å². The third-order valence-electron chi connectivity index (χ3n) is 4.17. The second kappa shape index (κ2) is 8.34. The van der Waals surface area contributed by atoms with Crippen molar-refractivity contribution in [3.63, 3.8) is 0 Å². The van der Waals surface area contributed by atoms with Crippen molar-refractivity contribution in [1.29, 1.82) is 0 Å². The van der Waals surface area contributed by atoms with Gasteiger partial charge in [-0.25, -0.2) is 0 Å². The molecule has 4 nitrogen and oxygen atoms in total. The molecule has 1 aromatic rings. The molecule has 5 heteroatoms. The number of carbonyl (C=O) groups excluding carboxylic acids is 2. The lowest BCUT2D eigenvalue weighted by atomic mass is 10.1. The fraction of sp³-hybridized carbons (Fsp3) is 0.556. The van der Waals surface area contributed by atoms with Gasteiger partial charge >= 0.3 is 0 Å². The van der Waals surface area contributed by atoms with E-state index in [9.17, 15) is 9.59 Å². The van der Waals surface area contributed by atoms with Gasteiger partial charge in [-0.05, 0) is 42.9 Å². The van der Waals surface area contributed by atoms with Crippen LogP contribution in [0.1, 0.15) is 45.1 Å². The molecule has 1 aromatic carbocycles. The van der Waals surface area contributed by atoms with Crippen LogP contribution in [-0.4, -0.2) is 29.3 Å². The van der Waals surface area contributed by atoms with Crippen LogP contribution in [0.15, 0.2) is 24.3 Å². The summed E-state index contributed by atoms with van der Waals surface area (Å²) in [4.78, 5) is 26.5. The average Bonchev–Trinajstić information content (AvgIpc) is 3.00. The van der Waals surface area contributed by atoms with Gasteiger partial charge in [0.05, 0.1) is 0 Å². The Balaban J connectivity index is 1.88. The second-order valence-corrected chi connectivity index (χ2v) is 6.96. The number of benzene rings is 1. The summed E-state index contributed by atoms with van der Waals surface area (Å²) in [6.45, 7) is 5.33. The summed E-state index contributed by atoms with van der Waals surface area (Å²) in [6, 6.07) is 7.10. The highest BCUT2D eigenvalue weighted by atomic mass is 35.5. The Morgan fingerprint density at radius 2 is 2.17 bits per heavy atom. The molecule has 0 radical (unpaired) electrons. The molecule has 1 unspecified atom stereocenters. The van der Waals surface area contributed by atoms with Crippen LogP contribution in [0, 0.1) is 5.92 Å². The molecule has 0 spiro atoms. The molecule has 1 heterocycles. The molecule has 0 bridgehead atoms. The molecule has 1 aliphatic rings. The maximum Gasteiger partial charge on any atom is 0.243 e. The van der Waals surface area contributed by atoms with E-state index in [1.54, 1.807) is 11.0 Å². The number of hydrogen-bond donors (Lipinski definition) is 1. The molecule has 23 heavy (non-hydrogen) atoms. The quantitative estimate of drug-likeness (QED) is 0.865. The largest absolute Gasteiger partial charge is 0.350 e. The maximum atomic E-state index is 12.4. The molecule has 1 atom stereocenters. The molecular formula is C18H25ClN2O2. The lowest BCUT2D eigenvalue weighted by Crippen LogP contribution is -2.45. The van der Waals surface area contributed by atoms with Crippen molar-refractivity contribution in [1.82, 2.24) is 10.2 Å². The highest BCUT2D eigenvalue weighted by Gasteiger charge is 2.33. The van der Waals surface area contributed by atoms with Gasteiger partial charge in [0.1, 0.15) is 6.04 Å². The van der Waals surface area contributed by atoms with Crippen molar-refractivity contribution in [2.75, 3.05) is 6.54 Å². The molecule has 2 amide bonds. The molecule has 1 aliphatic heterocycles. The number of nitrogens with one attached hydrogen (secondary N) is 1. The predicted molar refractivity (Wildman–Crippen MR) is 92.1 cm³/mol. The lowest BCUT2D eigenvalue weighted by molar-refractivity contribution is -0.138. The van der Waals surface area contributed by atoms with Gasteiger partial charge in [-0.3, -0.25) is 9.59 Å². The molecule has 126 valence electrons. The predicted octanol–water partition coefficient (Wildman–Crippen LogP) is 3.38. The van der Waals surface area contributed by atoms with Crippen LogP contribution in [0.5, 0.6) is 0 Å². The zero-order chi connectivity index (χ0) is 16.8. The van der Waals surface area contributed by atoms with Gasteiger partial charge in [0.2, 0.25) is 11.8 Å². The summed E-state index contributed by atoms with van der Waals surface area (Å²) < 4.78 is 0. The van der Waals surface area contributed by atoms with Crippen LogP contribution >= 0.6 is 11.6 Å². The normalized spacial score (nSPS) is 17.6. The van der Waals surface area contributed by atoms with Crippen LogP contribution in [0.3, 0.4) is 0 Å². The lowest BCUT2D eigenvalue weighted by Gasteiger charge is -2.24. The van der Waals surface area contributed by atoms with Crippen molar-refractivity contribution < 1.29 is 9.59 Å². The zero-order valence-electron chi connectivity index (χ0n) is 13.8. The Bertz CT molecular complexity index is 560. The fourth-order valence-corrected chi connectivity index (χ4v) is 3.06. The number of carbonyl (C=O) groups is 2. The minimum atomic E-state index is -0.325. The van der Waals surface area contributed by atoms with E-state index in [-0.39, 0.29) is 17.9 Å². The van der Waals surface area contributed by atoms with Crippen LogP contribution in [0.2, 0.25) is 5.02 Å². The summed E-state index contributed by atoms with van der Waals surface area (Å²) in [5.74, 6) is 0.524. The Morgan fingerprint density at radius 1 is 1.39 bits per heavy atom. The number of nitrogens with zero attached hydrogens (tertiary/aromatic N) is 1. The first-order chi connectivity index (χ1) is 11.0. The summed E-state index contributed by atoms with van der Waals surface area (Å²) in [5.41, 5.74) is 0.960. The number of hydrogen-bond acceptors (Lipinski definition) is 2. The highest BCUT2D eigenvalue weighted by Crippen LogP contribution is 2.20. The standard InChI is InChI=1S/C18H25ClN2O2/c1-13(2)8-9-17(22)21-10-4-7-16(21)18(23)20-12-14-5-3-6-15(19)11-14/h3,5-6,11,13,16H,4,7-10,12H2,1-2H3,(H,20,23).